The van der Waals surface area contributed by atoms with Crippen molar-refractivity contribution in [3.05, 3.63) is 59.9 Å². The summed E-state index contributed by atoms with van der Waals surface area (Å²) >= 11 is 1.43. The number of hydrogen-bond donors (Lipinski definition) is 1. The van der Waals surface area contributed by atoms with Crippen molar-refractivity contribution < 1.29 is 9.53 Å². The third kappa shape index (κ3) is 5.87. The number of nitrogens with zero attached hydrogens (tertiary/aromatic N) is 3. The summed E-state index contributed by atoms with van der Waals surface area (Å²) in [5.74, 6) is 0.491. The Morgan fingerprint density at radius 3 is 2.57 bits per heavy atom. The van der Waals surface area contributed by atoms with Crippen molar-refractivity contribution in [3.8, 4) is 16.3 Å². The van der Waals surface area contributed by atoms with E-state index in [2.05, 4.69) is 47.9 Å². The van der Waals surface area contributed by atoms with Crippen LogP contribution in [0.3, 0.4) is 0 Å². The SMILES string of the molecule is CC(C)N(CCOc1cccc(NC(=O)c2csc(-c3ccncc3)n2)c1)C(C)C. The fourth-order valence-corrected chi connectivity index (χ4v) is 4.05. The quantitative estimate of drug-likeness (QED) is 0.526. The van der Waals surface area contributed by atoms with Gasteiger partial charge in [-0.25, -0.2) is 4.98 Å². The average molecular weight is 425 g/mol. The van der Waals surface area contributed by atoms with E-state index in [1.165, 1.54) is 11.3 Å². The Morgan fingerprint density at radius 1 is 1.13 bits per heavy atom. The molecule has 7 heteroatoms. The van der Waals surface area contributed by atoms with Crippen molar-refractivity contribution in [2.24, 2.45) is 0 Å². The van der Waals surface area contributed by atoms with E-state index in [9.17, 15) is 4.79 Å². The fourth-order valence-electron chi connectivity index (χ4n) is 3.25. The molecule has 0 saturated carbocycles. The minimum atomic E-state index is -0.241. The Hall–Kier alpha value is -2.77. The van der Waals surface area contributed by atoms with Gasteiger partial charge in [0.2, 0.25) is 0 Å². The largest absolute Gasteiger partial charge is 0.492 e. The van der Waals surface area contributed by atoms with Gasteiger partial charge in [0.1, 0.15) is 23.1 Å². The molecule has 158 valence electrons. The Labute approximate surface area is 181 Å². The number of benzene rings is 1. The lowest BCUT2D eigenvalue weighted by Gasteiger charge is -2.30. The van der Waals surface area contributed by atoms with Gasteiger partial charge in [-0.2, -0.15) is 0 Å². The fraction of sp³-hybridized carbons (Fsp3) is 0.348. The second kappa shape index (κ2) is 10.3. The van der Waals surface area contributed by atoms with Gasteiger partial charge in [0.25, 0.3) is 5.91 Å². The molecule has 0 radical (unpaired) electrons. The van der Waals surface area contributed by atoms with Crippen LogP contribution in [0.1, 0.15) is 38.2 Å². The number of nitrogens with one attached hydrogen (secondary N) is 1. The van der Waals surface area contributed by atoms with Crippen molar-refractivity contribution in [3.63, 3.8) is 0 Å². The van der Waals surface area contributed by atoms with Crippen molar-refractivity contribution in [1.29, 1.82) is 0 Å². The highest BCUT2D eigenvalue weighted by atomic mass is 32.1. The van der Waals surface area contributed by atoms with Gasteiger partial charge < -0.3 is 10.1 Å². The zero-order valence-electron chi connectivity index (χ0n) is 17.8. The molecule has 0 bridgehead atoms. The standard InChI is InChI=1S/C23H28N4O2S/c1-16(2)27(17(3)4)12-13-29-20-7-5-6-19(14-20)25-22(28)21-15-30-23(26-21)18-8-10-24-11-9-18/h5-11,14-17H,12-13H2,1-4H3,(H,25,28). The maximum Gasteiger partial charge on any atom is 0.275 e. The van der Waals surface area contributed by atoms with E-state index in [0.717, 1.165) is 22.9 Å². The molecule has 3 aromatic rings. The molecule has 2 heterocycles. The van der Waals surface area contributed by atoms with Crippen LogP contribution in [-0.4, -0.2) is 46.0 Å². The smallest absolute Gasteiger partial charge is 0.275 e. The number of carbonyl (C=O) groups excluding carboxylic acids is 1. The second-order valence-electron chi connectivity index (χ2n) is 7.53. The number of pyridine rings is 1. The topological polar surface area (TPSA) is 67.3 Å². The van der Waals surface area contributed by atoms with Crippen LogP contribution in [0.4, 0.5) is 5.69 Å². The summed E-state index contributed by atoms with van der Waals surface area (Å²) in [4.78, 5) is 23.4. The molecule has 1 aromatic carbocycles. The van der Waals surface area contributed by atoms with E-state index in [-0.39, 0.29) is 5.91 Å². The molecule has 0 atom stereocenters. The zero-order chi connectivity index (χ0) is 21.5. The number of ether oxygens (including phenoxy) is 1. The molecular weight excluding hydrogens is 396 g/mol. The number of amides is 1. The zero-order valence-corrected chi connectivity index (χ0v) is 18.6. The molecule has 30 heavy (non-hydrogen) atoms. The lowest BCUT2D eigenvalue weighted by atomic mass is 10.2. The molecular formula is C23H28N4O2S. The van der Waals surface area contributed by atoms with Crippen LogP contribution in [0.15, 0.2) is 54.2 Å². The van der Waals surface area contributed by atoms with Gasteiger partial charge in [0.15, 0.2) is 0 Å². The molecule has 2 aromatic heterocycles. The van der Waals surface area contributed by atoms with Gasteiger partial charge in [-0.05, 0) is 52.0 Å². The Bertz CT molecular complexity index is 949. The van der Waals surface area contributed by atoms with Gasteiger partial charge in [-0.3, -0.25) is 14.7 Å². The van der Waals surface area contributed by atoms with Gasteiger partial charge in [-0.1, -0.05) is 6.07 Å². The normalized spacial score (nSPS) is 11.3. The first-order valence-electron chi connectivity index (χ1n) is 10.1. The van der Waals surface area contributed by atoms with Crippen LogP contribution >= 0.6 is 11.3 Å². The molecule has 6 nitrogen and oxygen atoms in total. The minimum absolute atomic E-state index is 0.241. The van der Waals surface area contributed by atoms with Gasteiger partial charge >= 0.3 is 0 Å². The van der Waals surface area contributed by atoms with Crippen molar-refractivity contribution in [2.75, 3.05) is 18.5 Å². The van der Waals surface area contributed by atoms with E-state index in [1.807, 2.05) is 36.4 Å². The first-order chi connectivity index (χ1) is 14.4. The van der Waals surface area contributed by atoms with E-state index >= 15 is 0 Å². The maximum atomic E-state index is 12.6. The Morgan fingerprint density at radius 2 is 1.87 bits per heavy atom. The van der Waals surface area contributed by atoms with Crippen LogP contribution in [0.5, 0.6) is 5.75 Å². The van der Waals surface area contributed by atoms with Crippen LogP contribution in [0.25, 0.3) is 10.6 Å². The Kier molecular flexibility index (Phi) is 7.54. The van der Waals surface area contributed by atoms with Gasteiger partial charge in [0.05, 0.1) is 0 Å². The predicted molar refractivity (Wildman–Crippen MR) is 122 cm³/mol. The third-order valence-corrected chi connectivity index (χ3v) is 5.59. The molecule has 0 aliphatic rings. The average Bonchev–Trinajstić information content (AvgIpc) is 3.22. The third-order valence-electron chi connectivity index (χ3n) is 4.70. The lowest BCUT2D eigenvalue weighted by Crippen LogP contribution is -2.39. The number of aromatic nitrogens is 2. The van der Waals surface area contributed by atoms with Crippen molar-refractivity contribution in [2.45, 2.75) is 39.8 Å². The molecule has 0 unspecified atom stereocenters. The monoisotopic (exact) mass is 424 g/mol. The van der Waals surface area contributed by atoms with E-state index < -0.39 is 0 Å². The van der Waals surface area contributed by atoms with Crippen molar-refractivity contribution >= 4 is 22.9 Å². The number of hydrogen-bond acceptors (Lipinski definition) is 6. The number of carbonyl (C=O) groups is 1. The minimum Gasteiger partial charge on any atom is -0.492 e. The molecule has 1 amide bonds. The summed E-state index contributed by atoms with van der Waals surface area (Å²) < 4.78 is 5.91. The summed E-state index contributed by atoms with van der Waals surface area (Å²) in [5, 5.41) is 5.45. The highest BCUT2D eigenvalue weighted by Gasteiger charge is 2.14. The molecule has 1 N–H and O–H groups in total. The molecule has 0 aliphatic carbocycles. The molecule has 0 aliphatic heterocycles. The highest BCUT2D eigenvalue weighted by molar-refractivity contribution is 7.13. The van der Waals surface area contributed by atoms with Crippen LogP contribution in [-0.2, 0) is 0 Å². The summed E-state index contributed by atoms with van der Waals surface area (Å²) in [6.45, 7) is 10.2. The number of thiazole rings is 1. The summed E-state index contributed by atoms with van der Waals surface area (Å²) in [6.07, 6.45) is 3.42. The van der Waals surface area contributed by atoms with Crippen molar-refractivity contribution in [1.82, 2.24) is 14.9 Å². The summed E-state index contributed by atoms with van der Waals surface area (Å²) in [6, 6.07) is 12.1. The first kappa shape index (κ1) is 21.9. The van der Waals surface area contributed by atoms with Crippen LogP contribution in [0, 0.1) is 0 Å². The maximum absolute atomic E-state index is 12.6. The van der Waals surface area contributed by atoms with Crippen LogP contribution < -0.4 is 10.1 Å². The summed E-state index contributed by atoms with van der Waals surface area (Å²) in [5.41, 5.74) is 2.02. The Balaban J connectivity index is 1.58. The molecule has 0 fully saturated rings. The molecule has 3 rings (SSSR count). The van der Waals surface area contributed by atoms with E-state index in [0.29, 0.717) is 30.1 Å². The summed E-state index contributed by atoms with van der Waals surface area (Å²) in [7, 11) is 0. The van der Waals surface area contributed by atoms with E-state index in [4.69, 9.17) is 4.74 Å². The predicted octanol–water partition coefficient (Wildman–Crippen LogP) is 4.96. The lowest BCUT2D eigenvalue weighted by molar-refractivity contribution is 0.102. The molecule has 0 spiro atoms. The van der Waals surface area contributed by atoms with Gasteiger partial charge in [-0.15, -0.1) is 11.3 Å². The van der Waals surface area contributed by atoms with Gasteiger partial charge in [0, 0.05) is 53.7 Å². The number of anilines is 1. The van der Waals surface area contributed by atoms with E-state index in [1.54, 1.807) is 17.8 Å². The molecule has 0 saturated heterocycles. The first-order valence-corrected chi connectivity index (χ1v) is 11.0. The second-order valence-corrected chi connectivity index (χ2v) is 8.39. The van der Waals surface area contributed by atoms with Crippen LogP contribution in [0.2, 0.25) is 0 Å². The number of rotatable bonds is 9. The highest BCUT2D eigenvalue weighted by Crippen LogP contribution is 2.24.